The summed E-state index contributed by atoms with van der Waals surface area (Å²) >= 11 is 0. The lowest BCUT2D eigenvalue weighted by Gasteiger charge is -2.50. The van der Waals surface area contributed by atoms with Gasteiger partial charge in [0.15, 0.2) is 0 Å². The second-order valence-electron chi connectivity index (χ2n) is 7.71. The van der Waals surface area contributed by atoms with Crippen molar-refractivity contribution in [3.8, 4) is 5.75 Å². The van der Waals surface area contributed by atoms with Crippen LogP contribution in [0.2, 0.25) is 0 Å². The van der Waals surface area contributed by atoms with Gasteiger partial charge < -0.3 is 25.0 Å². The van der Waals surface area contributed by atoms with E-state index in [0.717, 1.165) is 11.3 Å². The molecule has 2 aliphatic heterocycles. The summed E-state index contributed by atoms with van der Waals surface area (Å²) in [6, 6.07) is 9.61. The number of benzene rings is 1. The third-order valence-electron chi connectivity index (χ3n) is 5.55. The zero-order chi connectivity index (χ0) is 23.0. The Balaban J connectivity index is 0.000000913. The van der Waals surface area contributed by atoms with Crippen LogP contribution >= 0.6 is 0 Å². The molecule has 170 valence electrons. The number of nitrogens with zero attached hydrogens (tertiary/aromatic N) is 4. The summed E-state index contributed by atoms with van der Waals surface area (Å²) in [4.78, 5) is 46.1. The zero-order valence-corrected chi connectivity index (χ0v) is 17.9. The third-order valence-corrected chi connectivity index (χ3v) is 5.55. The highest BCUT2D eigenvalue weighted by molar-refractivity contribution is 5.87. The molecule has 4 rings (SSSR count). The molecule has 2 fully saturated rings. The molecule has 0 bridgehead atoms. The Bertz CT molecular complexity index is 933. The van der Waals surface area contributed by atoms with Crippen molar-refractivity contribution in [3.63, 3.8) is 0 Å². The number of ether oxygens (including phenoxy) is 1. The van der Waals surface area contributed by atoms with Crippen molar-refractivity contribution in [2.24, 2.45) is 5.41 Å². The average molecular weight is 441 g/mol. The number of anilines is 1. The van der Waals surface area contributed by atoms with Gasteiger partial charge >= 0.3 is 0 Å². The maximum atomic E-state index is 13.6. The molecule has 10 nitrogen and oxygen atoms in total. The quantitative estimate of drug-likeness (QED) is 0.646. The molecule has 0 radical (unpaired) electrons. The lowest BCUT2D eigenvalue weighted by Crippen LogP contribution is -2.65. The summed E-state index contributed by atoms with van der Waals surface area (Å²) in [6.45, 7) is 2.32. The van der Waals surface area contributed by atoms with Gasteiger partial charge in [-0.15, -0.1) is 0 Å². The van der Waals surface area contributed by atoms with Crippen LogP contribution < -0.4 is 15.0 Å². The average Bonchev–Trinajstić information content (AvgIpc) is 3.01. The Morgan fingerprint density at radius 3 is 2.66 bits per heavy atom. The minimum absolute atomic E-state index is 0.00457. The number of hydrogen-bond donors (Lipinski definition) is 2. The molecule has 0 aliphatic carbocycles. The van der Waals surface area contributed by atoms with Gasteiger partial charge in [0.25, 0.3) is 6.47 Å². The molecule has 1 aromatic heterocycles. The van der Waals surface area contributed by atoms with Crippen LogP contribution in [0.1, 0.15) is 12.0 Å². The number of carboxylic acid groups (broad SMARTS) is 1. The first-order valence-corrected chi connectivity index (χ1v) is 10.3. The van der Waals surface area contributed by atoms with Gasteiger partial charge in [-0.05, 0) is 30.2 Å². The van der Waals surface area contributed by atoms with Crippen LogP contribution in [0.3, 0.4) is 0 Å². The van der Waals surface area contributed by atoms with Crippen LogP contribution in [-0.2, 0) is 20.8 Å². The summed E-state index contributed by atoms with van der Waals surface area (Å²) in [5.74, 6) is 1.49. The van der Waals surface area contributed by atoms with E-state index in [2.05, 4.69) is 15.3 Å². The van der Waals surface area contributed by atoms with Crippen molar-refractivity contribution >= 4 is 24.2 Å². The van der Waals surface area contributed by atoms with Crippen molar-refractivity contribution in [2.75, 3.05) is 44.7 Å². The fourth-order valence-corrected chi connectivity index (χ4v) is 4.08. The molecule has 0 saturated carbocycles. The van der Waals surface area contributed by atoms with Crippen LogP contribution in [0, 0.1) is 5.41 Å². The summed E-state index contributed by atoms with van der Waals surface area (Å²) in [6.07, 6.45) is 4.35. The van der Waals surface area contributed by atoms with E-state index in [9.17, 15) is 9.59 Å². The summed E-state index contributed by atoms with van der Waals surface area (Å²) in [5.41, 5.74) is 0.481. The maximum absolute atomic E-state index is 13.6. The second kappa shape index (κ2) is 10.6. The minimum atomic E-state index is -0.570. The van der Waals surface area contributed by atoms with Crippen molar-refractivity contribution in [3.05, 3.63) is 48.3 Å². The first-order chi connectivity index (χ1) is 15.5. The fraction of sp³-hybridized carbons (Fsp3) is 0.409. The lowest BCUT2D eigenvalue weighted by molar-refractivity contribution is -0.143. The van der Waals surface area contributed by atoms with Crippen molar-refractivity contribution in [2.45, 2.75) is 12.8 Å². The van der Waals surface area contributed by atoms with Crippen molar-refractivity contribution < 1.29 is 24.2 Å². The van der Waals surface area contributed by atoms with E-state index in [1.165, 1.54) is 0 Å². The van der Waals surface area contributed by atoms with Gasteiger partial charge in [0.2, 0.25) is 17.8 Å². The third kappa shape index (κ3) is 5.32. The van der Waals surface area contributed by atoms with Gasteiger partial charge in [0, 0.05) is 51.5 Å². The summed E-state index contributed by atoms with van der Waals surface area (Å²) in [5, 5.41) is 9.73. The Kier molecular flexibility index (Phi) is 7.58. The predicted octanol–water partition coefficient (Wildman–Crippen LogP) is 0.584. The van der Waals surface area contributed by atoms with E-state index in [1.807, 2.05) is 34.1 Å². The Hall–Kier alpha value is -3.69. The van der Waals surface area contributed by atoms with Crippen LogP contribution in [0.5, 0.6) is 5.75 Å². The highest BCUT2D eigenvalue weighted by Crippen LogP contribution is 2.38. The van der Waals surface area contributed by atoms with Crippen LogP contribution in [-0.4, -0.2) is 78.1 Å². The molecule has 0 spiro atoms. The molecule has 0 atom stereocenters. The van der Waals surface area contributed by atoms with Crippen LogP contribution in [0.15, 0.2) is 42.7 Å². The number of carbonyl (C=O) groups excluding carboxylic acids is 2. The fourth-order valence-electron chi connectivity index (χ4n) is 4.08. The Morgan fingerprint density at radius 1 is 1.25 bits per heavy atom. The zero-order valence-electron chi connectivity index (χ0n) is 17.9. The topological polar surface area (TPSA) is 125 Å². The molecule has 3 heterocycles. The summed E-state index contributed by atoms with van der Waals surface area (Å²) < 4.78 is 5.35. The standard InChI is InChI=1S/C21H25N5O3.CH2O2/c1-29-17-5-2-4-16(12-17)13-21(14-26(15-21)20-23-7-3-8-24-20)19(28)25-10-6-18(27)22-9-11-25;2-1-3/h2-5,7-8,12H,6,9-11,13-15H2,1H3,(H,22,27);1H,(H,2,3). The SMILES string of the molecule is COc1cccc(CC2(C(=O)N3CCNC(=O)CC3)CN(c3ncccn3)C2)c1.O=CO. The molecular formula is C22H27N5O5. The van der Waals surface area contributed by atoms with Crippen LogP contribution in [0.25, 0.3) is 0 Å². The van der Waals surface area contributed by atoms with Gasteiger partial charge in [0.05, 0.1) is 12.5 Å². The molecule has 0 unspecified atom stereocenters. The van der Waals surface area contributed by atoms with Gasteiger partial charge in [-0.1, -0.05) is 12.1 Å². The van der Waals surface area contributed by atoms with Crippen LogP contribution in [0.4, 0.5) is 5.95 Å². The Morgan fingerprint density at radius 2 is 1.97 bits per heavy atom. The lowest BCUT2D eigenvalue weighted by atomic mass is 9.73. The number of methoxy groups -OCH3 is 1. The van der Waals surface area contributed by atoms with E-state index in [0.29, 0.717) is 51.5 Å². The number of hydrogen-bond acceptors (Lipinski definition) is 7. The number of aromatic nitrogens is 2. The molecule has 2 N–H and O–H groups in total. The molecule has 2 aliphatic rings. The number of carbonyl (C=O) groups is 3. The first kappa shape index (κ1) is 23.0. The molecular weight excluding hydrogens is 414 g/mol. The molecule has 1 aromatic carbocycles. The molecule has 2 saturated heterocycles. The highest BCUT2D eigenvalue weighted by atomic mass is 16.5. The van der Waals surface area contributed by atoms with E-state index in [4.69, 9.17) is 14.6 Å². The molecule has 10 heteroatoms. The van der Waals surface area contributed by atoms with Gasteiger partial charge in [-0.25, -0.2) is 9.97 Å². The molecule has 2 amide bonds. The minimum Gasteiger partial charge on any atom is -0.497 e. The smallest absolute Gasteiger partial charge is 0.290 e. The van der Waals surface area contributed by atoms with Crippen molar-refractivity contribution in [1.82, 2.24) is 20.2 Å². The largest absolute Gasteiger partial charge is 0.497 e. The Labute approximate surface area is 186 Å². The molecule has 2 aromatic rings. The van der Waals surface area contributed by atoms with E-state index < -0.39 is 5.41 Å². The van der Waals surface area contributed by atoms with Crippen molar-refractivity contribution in [1.29, 1.82) is 0 Å². The molecule has 32 heavy (non-hydrogen) atoms. The maximum Gasteiger partial charge on any atom is 0.290 e. The number of rotatable bonds is 5. The van der Waals surface area contributed by atoms with E-state index in [-0.39, 0.29) is 18.3 Å². The first-order valence-electron chi connectivity index (χ1n) is 10.3. The second-order valence-corrected chi connectivity index (χ2v) is 7.71. The normalized spacial score (nSPS) is 17.1. The van der Waals surface area contributed by atoms with Gasteiger partial charge in [0.1, 0.15) is 5.75 Å². The monoisotopic (exact) mass is 441 g/mol. The van der Waals surface area contributed by atoms with Gasteiger partial charge in [-0.2, -0.15) is 0 Å². The van der Waals surface area contributed by atoms with E-state index in [1.54, 1.807) is 25.6 Å². The highest BCUT2D eigenvalue weighted by Gasteiger charge is 2.51. The number of amides is 2. The van der Waals surface area contributed by atoms with Gasteiger partial charge in [-0.3, -0.25) is 14.4 Å². The summed E-state index contributed by atoms with van der Waals surface area (Å²) in [7, 11) is 1.64. The predicted molar refractivity (Wildman–Crippen MR) is 116 cm³/mol. The van der Waals surface area contributed by atoms with E-state index >= 15 is 0 Å². The number of nitrogens with one attached hydrogen (secondary N) is 1.